The zero-order valence-corrected chi connectivity index (χ0v) is 23.1. The quantitative estimate of drug-likeness (QED) is 0.369. The van der Waals surface area contributed by atoms with Crippen LogP contribution in [0.2, 0.25) is 0 Å². The summed E-state index contributed by atoms with van der Waals surface area (Å²) in [5, 5.41) is 9.46. The number of anilines is 1. The Morgan fingerprint density at radius 1 is 0.795 bits per heavy atom. The minimum Gasteiger partial charge on any atom is -0.392 e. The number of sulfonamides is 1. The number of hydrogen-bond acceptors (Lipinski definition) is 6. The van der Waals surface area contributed by atoms with Gasteiger partial charge in [-0.15, -0.1) is 0 Å². The van der Waals surface area contributed by atoms with Gasteiger partial charge in [0.2, 0.25) is 0 Å². The van der Waals surface area contributed by atoms with E-state index in [-0.39, 0.29) is 23.7 Å². The summed E-state index contributed by atoms with van der Waals surface area (Å²) in [5.74, 6) is 0. The topological polar surface area (TPSA) is 88.1 Å². The van der Waals surface area contributed by atoms with Crippen molar-refractivity contribution in [1.29, 1.82) is 0 Å². The highest BCUT2D eigenvalue weighted by Crippen LogP contribution is 2.38. The monoisotopic (exact) mass is 550 g/mol. The summed E-state index contributed by atoms with van der Waals surface area (Å²) >= 11 is 0. The SMILES string of the molecule is O=S(=O)(Nc1ccc([C@@H]2O[C@H](CN3CCCCCCC3)C[C@H](c3ccc(CO)cc3)O2)cc1)c1ccccc1. The van der Waals surface area contributed by atoms with Gasteiger partial charge in [-0.2, -0.15) is 0 Å². The van der Waals surface area contributed by atoms with Gasteiger partial charge in [-0.05, 0) is 61.3 Å². The van der Waals surface area contributed by atoms with Crippen molar-refractivity contribution in [1.82, 2.24) is 4.90 Å². The Labute approximate surface area is 231 Å². The third-order valence-electron chi connectivity index (χ3n) is 7.51. The van der Waals surface area contributed by atoms with E-state index in [9.17, 15) is 13.5 Å². The van der Waals surface area contributed by atoms with E-state index in [0.717, 1.165) is 42.7 Å². The predicted octanol–water partition coefficient (Wildman–Crippen LogP) is 5.79. The van der Waals surface area contributed by atoms with Crippen molar-refractivity contribution in [3.05, 3.63) is 95.6 Å². The summed E-state index contributed by atoms with van der Waals surface area (Å²) in [6, 6.07) is 23.4. The van der Waals surface area contributed by atoms with Gasteiger partial charge in [0.05, 0.1) is 23.7 Å². The first-order valence-electron chi connectivity index (χ1n) is 13.9. The molecule has 3 aromatic rings. The highest BCUT2D eigenvalue weighted by atomic mass is 32.2. The van der Waals surface area contributed by atoms with E-state index in [4.69, 9.17) is 9.47 Å². The molecule has 0 amide bonds. The maximum atomic E-state index is 12.7. The molecule has 0 radical (unpaired) electrons. The second-order valence-electron chi connectivity index (χ2n) is 10.5. The van der Waals surface area contributed by atoms with Gasteiger partial charge in [0, 0.05) is 24.2 Å². The molecule has 0 aromatic heterocycles. The Morgan fingerprint density at radius 2 is 1.44 bits per heavy atom. The van der Waals surface area contributed by atoms with Crippen LogP contribution in [0.4, 0.5) is 5.69 Å². The van der Waals surface area contributed by atoms with Gasteiger partial charge in [-0.25, -0.2) is 8.42 Å². The van der Waals surface area contributed by atoms with Crippen molar-refractivity contribution in [2.75, 3.05) is 24.4 Å². The van der Waals surface area contributed by atoms with Crippen molar-refractivity contribution in [2.24, 2.45) is 0 Å². The van der Waals surface area contributed by atoms with E-state index in [1.807, 2.05) is 36.4 Å². The lowest BCUT2D eigenvalue weighted by Gasteiger charge is -2.38. The summed E-state index contributed by atoms with van der Waals surface area (Å²) in [4.78, 5) is 2.75. The summed E-state index contributed by atoms with van der Waals surface area (Å²) < 4.78 is 41.1. The van der Waals surface area contributed by atoms with Crippen LogP contribution in [0.1, 0.15) is 67.6 Å². The highest BCUT2D eigenvalue weighted by molar-refractivity contribution is 7.92. The summed E-state index contributed by atoms with van der Waals surface area (Å²) in [5.41, 5.74) is 3.25. The molecule has 2 fully saturated rings. The molecule has 7 nitrogen and oxygen atoms in total. The molecule has 2 aliphatic heterocycles. The van der Waals surface area contributed by atoms with E-state index >= 15 is 0 Å². The molecule has 5 rings (SSSR count). The van der Waals surface area contributed by atoms with Crippen molar-refractivity contribution in [3.63, 3.8) is 0 Å². The van der Waals surface area contributed by atoms with E-state index in [1.54, 1.807) is 42.5 Å². The Bertz CT molecular complexity index is 1270. The molecule has 0 saturated carbocycles. The molecule has 0 spiro atoms. The molecule has 3 aromatic carbocycles. The largest absolute Gasteiger partial charge is 0.392 e. The Morgan fingerprint density at radius 3 is 2.10 bits per heavy atom. The fourth-order valence-corrected chi connectivity index (χ4v) is 6.42. The molecule has 8 heteroatoms. The highest BCUT2D eigenvalue weighted by Gasteiger charge is 2.33. The molecular formula is C31H38N2O5S. The zero-order chi connectivity index (χ0) is 27.1. The second-order valence-corrected chi connectivity index (χ2v) is 12.1. The van der Waals surface area contributed by atoms with Crippen molar-refractivity contribution in [3.8, 4) is 0 Å². The molecule has 2 saturated heterocycles. The molecule has 39 heavy (non-hydrogen) atoms. The fourth-order valence-electron chi connectivity index (χ4n) is 5.34. The zero-order valence-electron chi connectivity index (χ0n) is 22.2. The van der Waals surface area contributed by atoms with Crippen LogP contribution >= 0.6 is 0 Å². The summed E-state index contributed by atoms with van der Waals surface area (Å²) in [6.45, 7) is 3.06. The Balaban J connectivity index is 1.32. The average Bonchev–Trinajstić information content (AvgIpc) is 2.95. The van der Waals surface area contributed by atoms with E-state index < -0.39 is 16.3 Å². The smallest absolute Gasteiger partial charge is 0.261 e. The van der Waals surface area contributed by atoms with Gasteiger partial charge in [-0.3, -0.25) is 4.72 Å². The molecule has 0 aliphatic carbocycles. The summed E-state index contributed by atoms with van der Waals surface area (Å²) in [7, 11) is -3.67. The van der Waals surface area contributed by atoms with Gasteiger partial charge in [-0.1, -0.05) is 73.9 Å². The predicted molar refractivity (Wildman–Crippen MR) is 152 cm³/mol. The van der Waals surface area contributed by atoms with Crippen molar-refractivity contribution >= 4 is 15.7 Å². The first-order chi connectivity index (χ1) is 19.0. The van der Waals surface area contributed by atoms with Crippen LogP contribution in [0.3, 0.4) is 0 Å². The van der Waals surface area contributed by atoms with Gasteiger partial charge >= 0.3 is 0 Å². The minimum atomic E-state index is -3.67. The first-order valence-corrected chi connectivity index (χ1v) is 15.4. The molecule has 2 N–H and O–H groups in total. The lowest BCUT2D eigenvalue weighted by Crippen LogP contribution is -2.40. The molecule has 0 unspecified atom stereocenters. The maximum Gasteiger partial charge on any atom is 0.261 e. The number of ether oxygens (including phenoxy) is 2. The number of nitrogens with zero attached hydrogens (tertiary/aromatic N) is 1. The molecular weight excluding hydrogens is 512 g/mol. The number of aliphatic hydroxyl groups excluding tert-OH is 1. The van der Waals surface area contributed by atoms with Crippen molar-refractivity contribution in [2.45, 2.75) is 68.5 Å². The standard InChI is InChI=1S/C31H38N2O5S/c34-23-24-11-13-25(14-12-24)30-21-28(22-33-19-7-2-1-3-8-20-33)37-31(38-30)26-15-17-27(18-16-26)32-39(35,36)29-9-5-4-6-10-29/h4-6,9-18,28,30-32,34H,1-3,7-8,19-23H2/t28-,30+,31+/m0/s1. The fraction of sp³-hybridized carbons (Fsp3) is 0.419. The van der Waals surface area contributed by atoms with Crippen LogP contribution in [0.5, 0.6) is 0 Å². The third kappa shape index (κ3) is 7.47. The lowest BCUT2D eigenvalue weighted by molar-refractivity contribution is -0.253. The Kier molecular flexibility index (Phi) is 9.32. The number of aliphatic hydroxyl groups is 1. The minimum absolute atomic E-state index is 0.00181. The number of likely N-dealkylation sites (tertiary alicyclic amines) is 1. The number of benzene rings is 3. The van der Waals surface area contributed by atoms with Crippen LogP contribution in [0, 0.1) is 0 Å². The van der Waals surface area contributed by atoms with Crippen molar-refractivity contribution < 1.29 is 23.0 Å². The Hall–Kier alpha value is -2.75. The first kappa shape index (κ1) is 27.8. The lowest BCUT2D eigenvalue weighted by atomic mass is 9.99. The van der Waals surface area contributed by atoms with Crippen LogP contribution < -0.4 is 4.72 Å². The molecule has 3 atom stereocenters. The van der Waals surface area contributed by atoms with Gasteiger partial charge in [0.1, 0.15) is 0 Å². The van der Waals surface area contributed by atoms with Crippen LogP contribution in [0.15, 0.2) is 83.8 Å². The van der Waals surface area contributed by atoms with Crippen LogP contribution in [-0.4, -0.2) is 44.2 Å². The van der Waals surface area contributed by atoms with E-state index in [1.165, 1.54) is 32.1 Å². The molecule has 208 valence electrons. The second kappa shape index (κ2) is 13.1. The number of hydrogen-bond donors (Lipinski definition) is 2. The maximum absolute atomic E-state index is 12.7. The van der Waals surface area contributed by atoms with Gasteiger partial charge in [0.15, 0.2) is 6.29 Å². The van der Waals surface area contributed by atoms with E-state index in [0.29, 0.717) is 5.69 Å². The summed E-state index contributed by atoms with van der Waals surface area (Å²) in [6.07, 6.45) is 6.38. The normalized spacial score (nSPS) is 23.1. The third-order valence-corrected chi connectivity index (χ3v) is 8.91. The molecule has 2 aliphatic rings. The molecule has 2 heterocycles. The van der Waals surface area contributed by atoms with Gasteiger partial charge in [0.25, 0.3) is 10.0 Å². The van der Waals surface area contributed by atoms with E-state index in [2.05, 4.69) is 9.62 Å². The van der Waals surface area contributed by atoms with Crippen LogP contribution in [-0.2, 0) is 26.1 Å². The number of nitrogens with one attached hydrogen (secondary N) is 1. The van der Waals surface area contributed by atoms with Gasteiger partial charge < -0.3 is 19.5 Å². The molecule has 0 bridgehead atoms. The average molecular weight is 551 g/mol. The van der Waals surface area contributed by atoms with Crippen LogP contribution in [0.25, 0.3) is 0 Å². The number of rotatable bonds is 8.